The molecule has 1 fully saturated rings. The first-order valence-corrected chi connectivity index (χ1v) is 12.2. The minimum Gasteiger partial charge on any atom is -0.472 e. The molecule has 1 aliphatic carbocycles. The van der Waals surface area contributed by atoms with Crippen LogP contribution in [0.5, 0.6) is 0 Å². The van der Waals surface area contributed by atoms with Gasteiger partial charge in [-0.15, -0.1) is 0 Å². The smallest absolute Gasteiger partial charge is 0.227 e. The number of furan rings is 1. The van der Waals surface area contributed by atoms with Crippen molar-refractivity contribution < 1.29 is 9.21 Å². The number of hydrogen-bond acceptors (Lipinski definition) is 7. The molecule has 3 N–H and O–H groups in total. The molecule has 182 valence electrons. The monoisotopic (exact) mass is 490 g/mol. The number of pyridine rings is 3. The maximum Gasteiger partial charge on any atom is 0.227 e. The SMILES string of the molecule is O=C(Nc1cncc(-c2ccc3[nH]nc(-c4nc5c(-c6ccoc6)cncc5[nH]4)c3n2)c1)C1CCCC1. The van der Waals surface area contributed by atoms with Gasteiger partial charge >= 0.3 is 0 Å². The maximum atomic E-state index is 12.6. The van der Waals surface area contributed by atoms with Crippen LogP contribution in [0.4, 0.5) is 5.69 Å². The summed E-state index contributed by atoms with van der Waals surface area (Å²) in [5.74, 6) is 0.727. The highest BCUT2D eigenvalue weighted by atomic mass is 16.3. The van der Waals surface area contributed by atoms with E-state index in [4.69, 9.17) is 14.4 Å². The molecule has 6 heterocycles. The van der Waals surface area contributed by atoms with E-state index in [0.29, 0.717) is 22.7 Å². The van der Waals surface area contributed by atoms with Crippen molar-refractivity contribution in [3.8, 4) is 33.9 Å². The molecule has 0 aliphatic heterocycles. The van der Waals surface area contributed by atoms with Crippen LogP contribution in [-0.4, -0.2) is 41.0 Å². The third-order valence-corrected chi connectivity index (χ3v) is 6.89. The first kappa shape index (κ1) is 21.4. The van der Waals surface area contributed by atoms with Crippen LogP contribution in [0.1, 0.15) is 25.7 Å². The second-order valence-corrected chi connectivity index (χ2v) is 9.28. The number of aromatic nitrogens is 7. The molecule has 0 radical (unpaired) electrons. The highest BCUT2D eigenvalue weighted by molar-refractivity contribution is 5.96. The molecule has 0 aromatic carbocycles. The van der Waals surface area contributed by atoms with Crippen molar-refractivity contribution in [3.63, 3.8) is 0 Å². The molecule has 1 saturated carbocycles. The number of H-pyrrole nitrogens is 2. The number of amides is 1. The van der Waals surface area contributed by atoms with Gasteiger partial charge in [0.25, 0.3) is 0 Å². The average molecular weight is 491 g/mol. The molecule has 7 rings (SSSR count). The van der Waals surface area contributed by atoms with Gasteiger partial charge in [0.05, 0.1) is 47.3 Å². The van der Waals surface area contributed by atoms with Crippen molar-refractivity contribution >= 4 is 33.7 Å². The molecule has 1 amide bonds. The van der Waals surface area contributed by atoms with Crippen LogP contribution < -0.4 is 5.32 Å². The van der Waals surface area contributed by atoms with Crippen molar-refractivity contribution in [2.24, 2.45) is 5.92 Å². The van der Waals surface area contributed by atoms with Crippen molar-refractivity contribution in [2.45, 2.75) is 25.7 Å². The summed E-state index contributed by atoms with van der Waals surface area (Å²) < 4.78 is 5.24. The van der Waals surface area contributed by atoms with Crippen LogP contribution in [0.3, 0.4) is 0 Å². The van der Waals surface area contributed by atoms with E-state index in [0.717, 1.165) is 64.6 Å². The quantitative estimate of drug-likeness (QED) is 0.296. The normalized spacial score (nSPS) is 14.1. The summed E-state index contributed by atoms with van der Waals surface area (Å²) in [5, 5.41) is 10.6. The van der Waals surface area contributed by atoms with Gasteiger partial charge in [0.15, 0.2) is 11.5 Å². The van der Waals surface area contributed by atoms with Gasteiger partial charge in [-0.2, -0.15) is 5.10 Å². The van der Waals surface area contributed by atoms with Crippen LogP contribution in [0.25, 0.3) is 56.0 Å². The summed E-state index contributed by atoms with van der Waals surface area (Å²) >= 11 is 0. The van der Waals surface area contributed by atoms with Crippen LogP contribution in [0.15, 0.2) is 66.0 Å². The lowest BCUT2D eigenvalue weighted by atomic mass is 10.1. The minimum atomic E-state index is 0.0612. The molecule has 1 aliphatic rings. The zero-order valence-electron chi connectivity index (χ0n) is 19.7. The van der Waals surface area contributed by atoms with E-state index in [1.54, 1.807) is 37.3 Å². The van der Waals surface area contributed by atoms with Crippen LogP contribution in [0, 0.1) is 5.92 Å². The largest absolute Gasteiger partial charge is 0.472 e. The molecule has 6 aromatic rings. The molecule has 37 heavy (non-hydrogen) atoms. The van der Waals surface area contributed by atoms with Crippen molar-refractivity contribution in [1.82, 2.24) is 35.1 Å². The zero-order valence-corrected chi connectivity index (χ0v) is 19.7. The Labute approximate surface area is 210 Å². The van der Waals surface area contributed by atoms with E-state index in [1.807, 2.05) is 24.3 Å². The van der Waals surface area contributed by atoms with E-state index in [-0.39, 0.29) is 11.8 Å². The number of hydrogen-bond donors (Lipinski definition) is 3. The molecule has 10 nitrogen and oxygen atoms in total. The third kappa shape index (κ3) is 3.83. The third-order valence-electron chi connectivity index (χ3n) is 6.89. The van der Waals surface area contributed by atoms with Gasteiger partial charge in [-0.1, -0.05) is 12.8 Å². The highest BCUT2D eigenvalue weighted by Gasteiger charge is 2.23. The van der Waals surface area contributed by atoms with Gasteiger partial charge < -0.3 is 14.7 Å². The van der Waals surface area contributed by atoms with Gasteiger partial charge in [-0.05, 0) is 37.1 Å². The maximum absolute atomic E-state index is 12.6. The zero-order chi connectivity index (χ0) is 24.8. The standard InChI is InChI=1S/C27H22N8O2/c36-27(15-3-1-2-4-15)30-18-9-17(10-28-11-18)20-5-6-21-24(31-20)25(35-34-21)26-32-22-13-29-12-19(23(22)33-26)16-7-8-37-14-16/h5-15H,1-4H2,(H,30,36)(H,32,33)(H,34,35). The lowest BCUT2D eigenvalue weighted by Crippen LogP contribution is -2.20. The number of rotatable bonds is 5. The molecule has 0 saturated heterocycles. The first-order valence-electron chi connectivity index (χ1n) is 12.2. The molecular formula is C27H22N8O2. The molecule has 6 aromatic heterocycles. The number of imidazole rings is 1. The lowest BCUT2D eigenvalue weighted by Gasteiger charge is -2.11. The fraction of sp³-hybridized carbons (Fsp3) is 0.185. The van der Waals surface area contributed by atoms with Crippen molar-refractivity contribution in [1.29, 1.82) is 0 Å². The summed E-state index contributed by atoms with van der Waals surface area (Å²) in [6.07, 6.45) is 14.3. The summed E-state index contributed by atoms with van der Waals surface area (Å²) in [5.41, 5.74) is 7.57. The van der Waals surface area contributed by atoms with Gasteiger partial charge in [0, 0.05) is 35.0 Å². The highest BCUT2D eigenvalue weighted by Crippen LogP contribution is 2.32. The Balaban J connectivity index is 1.25. The predicted octanol–water partition coefficient (Wildman–Crippen LogP) is 5.35. The second kappa shape index (κ2) is 8.66. The van der Waals surface area contributed by atoms with E-state index < -0.39 is 0 Å². The van der Waals surface area contributed by atoms with E-state index in [1.165, 1.54) is 0 Å². The Morgan fingerprint density at radius 2 is 1.84 bits per heavy atom. The van der Waals surface area contributed by atoms with Crippen LogP contribution >= 0.6 is 0 Å². The number of nitrogens with one attached hydrogen (secondary N) is 3. The van der Waals surface area contributed by atoms with Gasteiger partial charge in [-0.25, -0.2) is 9.97 Å². The number of carbonyl (C=O) groups excluding carboxylic acids is 1. The lowest BCUT2D eigenvalue weighted by molar-refractivity contribution is -0.119. The summed E-state index contributed by atoms with van der Waals surface area (Å²) in [7, 11) is 0. The van der Waals surface area contributed by atoms with Crippen molar-refractivity contribution in [3.05, 3.63) is 61.6 Å². The summed E-state index contributed by atoms with van der Waals surface area (Å²) in [6.45, 7) is 0. The van der Waals surface area contributed by atoms with Crippen molar-refractivity contribution in [2.75, 3.05) is 5.32 Å². The molecule has 0 spiro atoms. The Hall–Kier alpha value is -4.86. The van der Waals surface area contributed by atoms with Gasteiger partial charge in [-0.3, -0.25) is 19.9 Å². The fourth-order valence-electron chi connectivity index (χ4n) is 4.98. The summed E-state index contributed by atoms with van der Waals surface area (Å²) in [4.78, 5) is 34.3. The molecular weight excluding hydrogens is 468 g/mol. The Morgan fingerprint density at radius 3 is 2.70 bits per heavy atom. The average Bonchev–Trinajstić information content (AvgIpc) is 3.74. The molecule has 10 heteroatoms. The number of nitrogens with zero attached hydrogens (tertiary/aromatic N) is 5. The van der Waals surface area contributed by atoms with Crippen LogP contribution in [-0.2, 0) is 4.79 Å². The number of carbonyl (C=O) groups is 1. The number of anilines is 1. The topological polar surface area (TPSA) is 138 Å². The Kier molecular flexibility index (Phi) is 5.02. The first-order chi connectivity index (χ1) is 18.2. The van der Waals surface area contributed by atoms with Crippen LogP contribution in [0.2, 0.25) is 0 Å². The Morgan fingerprint density at radius 1 is 0.946 bits per heavy atom. The van der Waals surface area contributed by atoms with E-state index in [2.05, 4.69) is 30.5 Å². The second-order valence-electron chi connectivity index (χ2n) is 9.28. The fourth-order valence-corrected chi connectivity index (χ4v) is 4.98. The number of fused-ring (bicyclic) bond motifs is 2. The van der Waals surface area contributed by atoms with Gasteiger partial charge in [0.1, 0.15) is 11.0 Å². The minimum absolute atomic E-state index is 0.0612. The summed E-state index contributed by atoms with van der Waals surface area (Å²) in [6, 6.07) is 7.61. The molecule has 0 bridgehead atoms. The molecule has 0 unspecified atom stereocenters. The molecule has 0 atom stereocenters. The van der Waals surface area contributed by atoms with E-state index in [9.17, 15) is 4.79 Å². The Bertz CT molecular complexity index is 1750. The van der Waals surface area contributed by atoms with Gasteiger partial charge in [0.2, 0.25) is 5.91 Å². The number of aromatic amines is 2. The predicted molar refractivity (Wildman–Crippen MR) is 138 cm³/mol. The van der Waals surface area contributed by atoms with E-state index >= 15 is 0 Å².